The van der Waals surface area contributed by atoms with Gasteiger partial charge in [0.15, 0.2) is 0 Å². The highest BCUT2D eigenvalue weighted by molar-refractivity contribution is 5.94. The second-order valence-electron chi connectivity index (χ2n) is 26.2. The number of ether oxygens (including phenoxy) is 4. The second kappa shape index (κ2) is 26.6. The van der Waals surface area contributed by atoms with Gasteiger partial charge in [-0.05, 0) is 120 Å². The molecule has 2 atom stereocenters. The fourth-order valence-electron chi connectivity index (χ4n) is 13.5. The second-order valence-corrected chi connectivity index (χ2v) is 26.2. The van der Waals surface area contributed by atoms with Crippen LogP contribution in [-0.4, -0.2) is 36.0 Å². The standard InChI is InChI=1S/C73H86N2O8/c1-72(2,3)60-39-35-50(43-62(60)74-68(76)45-58-54-25-13-17-29-64(54)82-65-30-18-14-26-55(58)65)33-37-52(41-48-21-9-7-10-22-48)80-70(78)47-71(79)81-53(42-49-23-11-8-12-24-49)38-34-51-36-40-61(73(4,5)6)63(44-51)75-69(77)46-59-56-27-15-19-31-66(56)83-67-32-20-16-28-57(59)67/h13-20,25-32,35-36,39-40,43-44,48-49,52-53,58-59H,7-12,21-24,33-34,37-38,41-42,45-47H2,1-6H3,(H,74,76)(H,75,77)/t52-,53-/m0/s1. The van der Waals surface area contributed by atoms with E-state index in [1.807, 2.05) is 97.1 Å². The molecule has 10 rings (SSSR count). The van der Waals surface area contributed by atoms with Crippen LogP contribution in [0.25, 0.3) is 0 Å². The third kappa shape index (κ3) is 15.3. The first-order valence-corrected chi connectivity index (χ1v) is 31.0. The van der Waals surface area contributed by atoms with Crippen LogP contribution in [0.3, 0.4) is 0 Å². The number of para-hydroxylation sites is 4. The molecule has 2 saturated carbocycles. The van der Waals surface area contributed by atoms with Gasteiger partial charge in [-0.15, -0.1) is 0 Å². The molecule has 0 radical (unpaired) electrons. The van der Waals surface area contributed by atoms with Gasteiger partial charge in [-0.2, -0.15) is 0 Å². The number of esters is 2. The minimum Gasteiger partial charge on any atom is -0.462 e. The van der Waals surface area contributed by atoms with E-state index < -0.39 is 18.4 Å². The highest BCUT2D eigenvalue weighted by atomic mass is 16.6. The molecule has 6 aromatic rings. The van der Waals surface area contributed by atoms with Crippen LogP contribution in [0, 0.1) is 11.8 Å². The van der Waals surface area contributed by atoms with Crippen LogP contribution in [0.15, 0.2) is 133 Å². The summed E-state index contributed by atoms with van der Waals surface area (Å²) in [5.41, 5.74) is 9.24. The van der Waals surface area contributed by atoms with Crippen molar-refractivity contribution in [1.82, 2.24) is 0 Å². The van der Waals surface area contributed by atoms with E-state index in [0.29, 0.717) is 37.5 Å². The fraction of sp³-hybridized carbons (Fsp3) is 0.452. The molecule has 2 heterocycles. The highest BCUT2D eigenvalue weighted by Gasteiger charge is 2.33. The van der Waals surface area contributed by atoms with E-state index in [1.54, 1.807) is 0 Å². The lowest BCUT2D eigenvalue weighted by molar-refractivity contribution is -0.161. The average Bonchev–Trinajstić information content (AvgIpc) is 3.12. The summed E-state index contributed by atoms with van der Waals surface area (Å²) in [4.78, 5) is 56.3. The monoisotopic (exact) mass is 1120 g/mol. The number of hydrogen-bond donors (Lipinski definition) is 2. The van der Waals surface area contributed by atoms with Crippen LogP contribution in [0.1, 0.15) is 207 Å². The molecule has 83 heavy (non-hydrogen) atoms. The van der Waals surface area contributed by atoms with Gasteiger partial charge < -0.3 is 29.6 Å². The summed E-state index contributed by atoms with van der Waals surface area (Å²) < 4.78 is 25.1. The van der Waals surface area contributed by atoms with Crippen molar-refractivity contribution in [3.63, 3.8) is 0 Å². The number of benzene rings is 6. The average molecular weight is 1120 g/mol. The van der Waals surface area contributed by atoms with Crippen molar-refractivity contribution in [1.29, 1.82) is 0 Å². The van der Waals surface area contributed by atoms with E-state index in [4.69, 9.17) is 18.9 Å². The van der Waals surface area contributed by atoms with Gasteiger partial charge in [0.25, 0.3) is 0 Å². The van der Waals surface area contributed by atoms with Crippen molar-refractivity contribution in [3.8, 4) is 23.0 Å². The third-order valence-corrected chi connectivity index (χ3v) is 17.8. The molecule has 10 nitrogen and oxygen atoms in total. The molecule has 2 aliphatic carbocycles. The molecule has 4 aliphatic rings. The fourth-order valence-corrected chi connectivity index (χ4v) is 13.5. The van der Waals surface area contributed by atoms with E-state index in [-0.39, 0.29) is 59.5 Å². The Labute approximate surface area is 492 Å². The number of aryl methyl sites for hydroxylation is 2. The number of fused-ring (bicyclic) bond motifs is 4. The molecule has 0 saturated heterocycles. The number of carbonyl (C=O) groups is 4. The first kappa shape index (κ1) is 59.0. The van der Waals surface area contributed by atoms with Crippen LogP contribution in [0.5, 0.6) is 23.0 Å². The molecule has 6 aromatic carbocycles. The largest absolute Gasteiger partial charge is 0.462 e. The first-order chi connectivity index (χ1) is 40.0. The van der Waals surface area contributed by atoms with Crippen LogP contribution in [-0.2, 0) is 52.3 Å². The summed E-state index contributed by atoms with van der Waals surface area (Å²) >= 11 is 0. The predicted molar refractivity (Wildman–Crippen MR) is 330 cm³/mol. The van der Waals surface area contributed by atoms with E-state index in [9.17, 15) is 19.2 Å². The van der Waals surface area contributed by atoms with Gasteiger partial charge in [-0.25, -0.2) is 0 Å². The molecular weight excluding hydrogens is 1030 g/mol. The topological polar surface area (TPSA) is 129 Å². The van der Waals surface area contributed by atoms with Crippen LogP contribution < -0.4 is 20.1 Å². The van der Waals surface area contributed by atoms with Crippen molar-refractivity contribution in [2.24, 2.45) is 11.8 Å². The minimum atomic E-state index is -0.551. The summed E-state index contributed by atoms with van der Waals surface area (Å²) in [6.45, 7) is 12.9. The number of nitrogens with one attached hydrogen (secondary N) is 2. The minimum absolute atomic E-state index is 0.0772. The third-order valence-electron chi connectivity index (χ3n) is 17.8. The number of carbonyl (C=O) groups excluding carboxylic acids is 4. The van der Waals surface area contributed by atoms with E-state index in [2.05, 4.69) is 88.6 Å². The summed E-state index contributed by atoms with van der Waals surface area (Å²) in [6.07, 6.45) is 14.8. The summed E-state index contributed by atoms with van der Waals surface area (Å²) in [5, 5.41) is 6.66. The lowest BCUT2D eigenvalue weighted by atomic mass is 9.83. The van der Waals surface area contributed by atoms with Crippen molar-refractivity contribution >= 4 is 35.1 Å². The van der Waals surface area contributed by atoms with E-state index in [0.717, 1.165) is 117 Å². The summed E-state index contributed by atoms with van der Waals surface area (Å²) in [7, 11) is 0. The van der Waals surface area contributed by atoms with Gasteiger partial charge in [-0.3, -0.25) is 19.2 Å². The zero-order valence-electron chi connectivity index (χ0n) is 49.9. The lowest BCUT2D eigenvalue weighted by Crippen LogP contribution is -2.28. The van der Waals surface area contributed by atoms with Crippen molar-refractivity contribution in [2.75, 3.05) is 10.6 Å². The van der Waals surface area contributed by atoms with Gasteiger partial charge in [0.2, 0.25) is 11.8 Å². The maximum absolute atomic E-state index is 14.2. The predicted octanol–water partition coefficient (Wildman–Crippen LogP) is 17.5. The Morgan fingerprint density at radius 3 is 1.14 bits per heavy atom. The Kier molecular flexibility index (Phi) is 18.9. The number of anilines is 2. The smallest absolute Gasteiger partial charge is 0.317 e. The van der Waals surface area contributed by atoms with Crippen molar-refractivity contribution in [2.45, 2.75) is 198 Å². The van der Waals surface area contributed by atoms with Crippen LogP contribution in [0.2, 0.25) is 0 Å². The Balaban J connectivity index is 0.794. The highest BCUT2D eigenvalue weighted by Crippen LogP contribution is 2.48. The molecule has 0 unspecified atom stereocenters. The molecule has 0 aromatic heterocycles. The number of amides is 2. The Morgan fingerprint density at radius 1 is 0.470 bits per heavy atom. The van der Waals surface area contributed by atoms with Gasteiger partial charge in [0.1, 0.15) is 41.6 Å². The van der Waals surface area contributed by atoms with Crippen molar-refractivity contribution < 1.29 is 38.1 Å². The van der Waals surface area contributed by atoms with Crippen molar-refractivity contribution in [3.05, 3.63) is 178 Å². The number of hydrogen-bond acceptors (Lipinski definition) is 8. The Morgan fingerprint density at radius 2 is 0.807 bits per heavy atom. The van der Waals surface area contributed by atoms with E-state index >= 15 is 0 Å². The molecule has 2 fully saturated rings. The van der Waals surface area contributed by atoms with E-state index in [1.165, 1.54) is 38.5 Å². The maximum atomic E-state index is 14.2. The lowest BCUT2D eigenvalue weighted by Gasteiger charge is -2.29. The van der Waals surface area contributed by atoms with Gasteiger partial charge in [0.05, 0.1) is 0 Å². The van der Waals surface area contributed by atoms with Gasteiger partial charge in [-0.1, -0.05) is 203 Å². The van der Waals surface area contributed by atoms with Gasteiger partial charge >= 0.3 is 11.9 Å². The van der Waals surface area contributed by atoms with Gasteiger partial charge in [0, 0.05) is 58.3 Å². The maximum Gasteiger partial charge on any atom is 0.317 e. The zero-order valence-corrected chi connectivity index (χ0v) is 49.9. The quantitative estimate of drug-likeness (QED) is 0.0571. The number of rotatable bonds is 20. The molecule has 2 amide bonds. The Bertz CT molecular complexity index is 2940. The molecular formula is C73H86N2O8. The summed E-state index contributed by atoms with van der Waals surface area (Å²) in [5.74, 6) is 2.41. The molecule has 0 bridgehead atoms. The Hall–Kier alpha value is -7.20. The molecule has 0 spiro atoms. The first-order valence-electron chi connectivity index (χ1n) is 31.0. The summed E-state index contributed by atoms with van der Waals surface area (Å²) in [6, 6.07) is 44.5. The van der Waals surface area contributed by atoms with Crippen LogP contribution in [0.4, 0.5) is 11.4 Å². The molecule has 2 N–H and O–H groups in total. The normalized spacial score (nSPS) is 16.4. The molecule has 436 valence electrons. The zero-order chi connectivity index (χ0) is 58.1. The molecule has 2 aliphatic heterocycles. The molecule has 10 heteroatoms. The van der Waals surface area contributed by atoms with Crippen LogP contribution >= 0.6 is 0 Å². The SMILES string of the molecule is CC(C)(C)c1ccc(CC[C@@H](CC2CCCCC2)OC(=O)CC(=O)O[C@@H](CCc2ccc(C(C)(C)C)c(NC(=O)CC3c4ccccc4Oc4ccccc43)c2)CC2CCCCC2)cc1NC(=O)CC1c2ccccc2Oc2ccccc21.